The third-order valence-corrected chi connectivity index (χ3v) is 6.50. The van der Waals surface area contributed by atoms with E-state index in [1.165, 1.54) is 28.6 Å². The third kappa shape index (κ3) is 4.88. The van der Waals surface area contributed by atoms with E-state index in [0.29, 0.717) is 18.8 Å². The first-order chi connectivity index (χ1) is 13.4. The molecule has 0 aliphatic carbocycles. The van der Waals surface area contributed by atoms with Crippen LogP contribution in [-0.2, 0) is 14.8 Å². The fraction of sp³-hybridized carbons (Fsp3) is 0.350. The molecule has 1 aliphatic heterocycles. The van der Waals surface area contributed by atoms with Gasteiger partial charge in [-0.3, -0.25) is 4.79 Å². The number of hydrogen-bond acceptors (Lipinski definition) is 4. The van der Waals surface area contributed by atoms with Gasteiger partial charge in [-0.25, -0.2) is 12.8 Å². The number of amides is 1. The number of piperidine rings is 1. The van der Waals surface area contributed by atoms with Crippen molar-refractivity contribution in [1.82, 2.24) is 4.31 Å². The first-order valence-electron chi connectivity index (χ1n) is 9.15. The molecule has 0 atom stereocenters. The van der Waals surface area contributed by atoms with E-state index in [4.69, 9.17) is 4.74 Å². The van der Waals surface area contributed by atoms with Crippen LogP contribution in [0.5, 0.6) is 5.75 Å². The van der Waals surface area contributed by atoms with Crippen molar-refractivity contribution in [2.24, 2.45) is 0 Å². The monoisotopic (exact) mass is 406 g/mol. The van der Waals surface area contributed by atoms with Gasteiger partial charge in [0.05, 0.1) is 4.90 Å². The first-order valence-corrected chi connectivity index (χ1v) is 10.6. The van der Waals surface area contributed by atoms with E-state index in [2.05, 4.69) is 5.32 Å². The van der Waals surface area contributed by atoms with E-state index >= 15 is 0 Å². The molecule has 6 nitrogen and oxygen atoms in total. The van der Waals surface area contributed by atoms with E-state index in [1.54, 1.807) is 25.1 Å². The zero-order chi connectivity index (χ0) is 20.1. The van der Waals surface area contributed by atoms with Gasteiger partial charge in [-0.15, -0.1) is 0 Å². The van der Waals surface area contributed by atoms with Gasteiger partial charge in [0.2, 0.25) is 10.0 Å². The number of ether oxygens (including phenoxy) is 1. The summed E-state index contributed by atoms with van der Waals surface area (Å²) in [5.41, 5.74) is 1.14. The summed E-state index contributed by atoms with van der Waals surface area (Å²) in [7, 11) is -3.59. The number of nitrogens with one attached hydrogen (secondary N) is 1. The normalized spacial score (nSPS) is 15.2. The molecule has 1 saturated heterocycles. The second kappa shape index (κ2) is 8.70. The van der Waals surface area contributed by atoms with E-state index in [9.17, 15) is 17.6 Å². The van der Waals surface area contributed by atoms with Gasteiger partial charge in [-0.05, 0) is 49.6 Å². The molecule has 0 bridgehead atoms. The second-order valence-electron chi connectivity index (χ2n) is 6.74. The van der Waals surface area contributed by atoms with Gasteiger partial charge in [-0.1, -0.05) is 18.6 Å². The molecule has 1 amide bonds. The highest BCUT2D eigenvalue weighted by atomic mass is 32.2. The lowest BCUT2D eigenvalue weighted by molar-refractivity contribution is -0.118. The second-order valence-corrected chi connectivity index (χ2v) is 8.67. The number of carbonyl (C=O) groups excluding carboxylic acids is 1. The highest BCUT2D eigenvalue weighted by Crippen LogP contribution is 2.25. The molecule has 8 heteroatoms. The fourth-order valence-electron chi connectivity index (χ4n) is 3.04. The Morgan fingerprint density at radius 1 is 1.14 bits per heavy atom. The van der Waals surface area contributed by atoms with Crippen LogP contribution in [-0.4, -0.2) is 38.3 Å². The quantitative estimate of drug-likeness (QED) is 0.799. The SMILES string of the molecule is Cc1ccc(S(=O)(=O)N2CCCCC2)cc1NC(=O)COc1cccc(F)c1. The smallest absolute Gasteiger partial charge is 0.262 e. The Morgan fingerprint density at radius 2 is 1.89 bits per heavy atom. The van der Waals surface area contributed by atoms with Crippen molar-refractivity contribution < 1.29 is 22.3 Å². The van der Waals surface area contributed by atoms with Crippen molar-refractivity contribution in [2.45, 2.75) is 31.1 Å². The van der Waals surface area contributed by atoms with Crippen LogP contribution >= 0.6 is 0 Å². The number of aryl methyl sites for hydroxylation is 1. The van der Waals surface area contributed by atoms with Crippen molar-refractivity contribution in [3.63, 3.8) is 0 Å². The Labute approximate surface area is 164 Å². The summed E-state index contributed by atoms with van der Waals surface area (Å²) in [4.78, 5) is 12.3. The van der Waals surface area contributed by atoms with Crippen LogP contribution in [0.2, 0.25) is 0 Å². The van der Waals surface area contributed by atoms with Crippen LogP contribution < -0.4 is 10.1 Å². The molecule has 0 unspecified atom stereocenters. The van der Waals surface area contributed by atoms with Crippen molar-refractivity contribution in [2.75, 3.05) is 25.0 Å². The van der Waals surface area contributed by atoms with Gasteiger partial charge < -0.3 is 10.1 Å². The molecule has 0 radical (unpaired) electrons. The average molecular weight is 406 g/mol. The highest BCUT2D eigenvalue weighted by Gasteiger charge is 2.26. The Hall–Kier alpha value is -2.45. The molecule has 1 aliphatic rings. The standard InChI is InChI=1S/C20H23FN2O4S/c1-15-8-9-18(28(25,26)23-10-3-2-4-11-23)13-19(15)22-20(24)14-27-17-7-5-6-16(21)12-17/h5-9,12-13H,2-4,10-11,14H2,1H3,(H,22,24). The summed E-state index contributed by atoms with van der Waals surface area (Å²) in [6.45, 7) is 2.49. The van der Waals surface area contributed by atoms with Crippen molar-refractivity contribution in [3.8, 4) is 5.75 Å². The molecule has 150 valence electrons. The number of anilines is 1. The lowest BCUT2D eigenvalue weighted by Gasteiger charge is -2.26. The molecule has 0 saturated carbocycles. The maximum absolute atomic E-state index is 13.2. The minimum absolute atomic E-state index is 0.154. The van der Waals surface area contributed by atoms with Crippen LogP contribution in [0.3, 0.4) is 0 Å². The van der Waals surface area contributed by atoms with Gasteiger partial charge in [0.1, 0.15) is 11.6 Å². The lowest BCUT2D eigenvalue weighted by Crippen LogP contribution is -2.35. The number of nitrogens with zero attached hydrogens (tertiary/aromatic N) is 1. The van der Waals surface area contributed by atoms with Gasteiger partial charge in [0.25, 0.3) is 5.91 Å². The van der Waals surface area contributed by atoms with Crippen molar-refractivity contribution in [3.05, 3.63) is 53.8 Å². The molecule has 1 heterocycles. The predicted molar refractivity (Wildman–Crippen MR) is 104 cm³/mol. The minimum Gasteiger partial charge on any atom is -0.484 e. The molecule has 2 aromatic carbocycles. The minimum atomic E-state index is -3.59. The zero-order valence-electron chi connectivity index (χ0n) is 15.7. The summed E-state index contributed by atoms with van der Waals surface area (Å²) in [5, 5.41) is 2.67. The summed E-state index contributed by atoms with van der Waals surface area (Å²) >= 11 is 0. The van der Waals surface area contributed by atoms with Crippen LogP contribution in [0, 0.1) is 12.7 Å². The Morgan fingerprint density at radius 3 is 2.61 bits per heavy atom. The molecule has 0 spiro atoms. The Balaban J connectivity index is 1.70. The maximum atomic E-state index is 13.2. The van der Waals surface area contributed by atoms with Gasteiger partial charge in [-0.2, -0.15) is 4.31 Å². The molecule has 1 fully saturated rings. The van der Waals surface area contributed by atoms with Gasteiger partial charge in [0, 0.05) is 24.8 Å². The molecular weight excluding hydrogens is 383 g/mol. The molecule has 2 aromatic rings. The van der Waals surface area contributed by atoms with E-state index in [0.717, 1.165) is 24.8 Å². The van der Waals surface area contributed by atoms with E-state index in [1.807, 2.05) is 0 Å². The largest absolute Gasteiger partial charge is 0.484 e. The van der Waals surface area contributed by atoms with Crippen molar-refractivity contribution >= 4 is 21.6 Å². The van der Waals surface area contributed by atoms with Gasteiger partial charge in [0.15, 0.2) is 6.61 Å². The lowest BCUT2D eigenvalue weighted by atomic mass is 10.2. The number of carbonyl (C=O) groups is 1. The van der Waals surface area contributed by atoms with E-state index < -0.39 is 21.7 Å². The topological polar surface area (TPSA) is 75.7 Å². The molecule has 28 heavy (non-hydrogen) atoms. The zero-order valence-corrected chi connectivity index (χ0v) is 16.5. The number of halogens is 1. The molecule has 0 aromatic heterocycles. The number of sulfonamides is 1. The number of hydrogen-bond donors (Lipinski definition) is 1. The summed E-state index contributed by atoms with van der Waals surface area (Å²) < 4.78 is 45.6. The Bertz CT molecular complexity index is 956. The van der Waals surface area contributed by atoms with Crippen molar-refractivity contribution in [1.29, 1.82) is 0 Å². The highest BCUT2D eigenvalue weighted by molar-refractivity contribution is 7.89. The van der Waals surface area contributed by atoms with Crippen LogP contribution in [0.1, 0.15) is 24.8 Å². The Kier molecular flexibility index (Phi) is 6.31. The third-order valence-electron chi connectivity index (χ3n) is 4.60. The van der Waals surface area contributed by atoms with Gasteiger partial charge >= 0.3 is 0 Å². The van der Waals surface area contributed by atoms with Crippen LogP contribution in [0.25, 0.3) is 0 Å². The van der Waals surface area contributed by atoms with Crippen LogP contribution in [0.15, 0.2) is 47.4 Å². The molecule has 1 N–H and O–H groups in total. The summed E-state index contributed by atoms with van der Waals surface area (Å²) in [5.74, 6) is -0.669. The average Bonchev–Trinajstić information content (AvgIpc) is 2.69. The molecule has 3 rings (SSSR count). The number of benzene rings is 2. The molecular formula is C20H23FN2O4S. The number of rotatable bonds is 6. The first kappa shape index (κ1) is 20.3. The summed E-state index contributed by atoms with van der Waals surface area (Å²) in [6.07, 6.45) is 2.74. The van der Waals surface area contributed by atoms with Crippen LogP contribution in [0.4, 0.5) is 10.1 Å². The van der Waals surface area contributed by atoms with E-state index in [-0.39, 0.29) is 17.3 Å². The predicted octanol–water partition coefficient (Wildman–Crippen LogP) is 3.33. The summed E-state index contributed by atoms with van der Waals surface area (Å²) in [6, 6.07) is 10.2. The maximum Gasteiger partial charge on any atom is 0.262 e. The fourth-order valence-corrected chi connectivity index (χ4v) is 4.59.